The predicted octanol–water partition coefficient (Wildman–Crippen LogP) is 2.10. The molecular formula is C20H30N4O2. The summed E-state index contributed by atoms with van der Waals surface area (Å²) < 4.78 is 5.21. The van der Waals surface area contributed by atoms with Gasteiger partial charge in [0.2, 0.25) is 5.91 Å². The van der Waals surface area contributed by atoms with Crippen molar-refractivity contribution in [3.63, 3.8) is 0 Å². The summed E-state index contributed by atoms with van der Waals surface area (Å²) >= 11 is 0. The molecule has 0 aromatic heterocycles. The van der Waals surface area contributed by atoms with Crippen LogP contribution in [0.5, 0.6) is 5.75 Å². The van der Waals surface area contributed by atoms with Crippen LogP contribution in [0, 0.1) is 5.41 Å². The molecule has 0 radical (unpaired) electrons. The zero-order chi connectivity index (χ0) is 18.6. The number of amides is 1. The third-order valence-corrected chi connectivity index (χ3v) is 5.62. The van der Waals surface area contributed by atoms with E-state index in [2.05, 4.69) is 10.2 Å². The Kier molecular flexibility index (Phi) is 5.69. The van der Waals surface area contributed by atoms with Crippen molar-refractivity contribution in [2.45, 2.75) is 32.2 Å². The maximum absolute atomic E-state index is 12.0. The van der Waals surface area contributed by atoms with E-state index >= 15 is 0 Å². The number of aliphatic imine (C=N–C) groups is 1. The minimum Gasteiger partial charge on any atom is -0.497 e. The van der Waals surface area contributed by atoms with Gasteiger partial charge in [0.15, 0.2) is 5.96 Å². The Bertz CT molecular complexity index is 650. The Morgan fingerprint density at radius 1 is 1.27 bits per heavy atom. The fraction of sp³-hybridized carbons (Fsp3) is 0.600. The minimum absolute atomic E-state index is 0.0553. The van der Waals surface area contributed by atoms with E-state index in [4.69, 9.17) is 9.73 Å². The Hall–Kier alpha value is -2.24. The van der Waals surface area contributed by atoms with Crippen molar-refractivity contribution in [3.8, 4) is 5.75 Å². The highest BCUT2D eigenvalue weighted by Gasteiger charge is 2.43. The Balaban J connectivity index is 1.67. The first kappa shape index (κ1) is 18.5. The van der Waals surface area contributed by atoms with Gasteiger partial charge in [0, 0.05) is 27.2 Å². The number of methoxy groups -OCH3 is 1. The fourth-order valence-electron chi connectivity index (χ4n) is 3.68. The summed E-state index contributed by atoms with van der Waals surface area (Å²) in [5, 5.41) is 3.28. The minimum atomic E-state index is 0.0553. The molecule has 1 aliphatic heterocycles. The molecule has 1 aromatic rings. The van der Waals surface area contributed by atoms with Crippen molar-refractivity contribution in [1.82, 2.24) is 15.1 Å². The van der Waals surface area contributed by atoms with Gasteiger partial charge in [-0.2, -0.15) is 0 Å². The maximum atomic E-state index is 12.0. The number of nitrogens with zero attached hydrogens (tertiary/aromatic N) is 3. The number of benzene rings is 1. The molecule has 6 heteroatoms. The number of guanidine groups is 1. The lowest BCUT2D eigenvalue weighted by Crippen LogP contribution is -2.45. The first-order valence-corrected chi connectivity index (χ1v) is 9.38. The molecular weight excluding hydrogens is 328 g/mol. The number of hydrogen-bond acceptors (Lipinski definition) is 3. The first-order chi connectivity index (χ1) is 12.5. The normalized spacial score (nSPS) is 18.6. The Morgan fingerprint density at radius 2 is 2.00 bits per heavy atom. The molecule has 1 spiro atoms. The van der Waals surface area contributed by atoms with Gasteiger partial charge >= 0.3 is 0 Å². The van der Waals surface area contributed by atoms with Crippen LogP contribution in [0.25, 0.3) is 0 Å². The largest absolute Gasteiger partial charge is 0.497 e. The van der Waals surface area contributed by atoms with Crippen molar-refractivity contribution in [2.24, 2.45) is 10.4 Å². The molecule has 1 amide bonds. The van der Waals surface area contributed by atoms with Gasteiger partial charge in [0.05, 0.1) is 20.2 Å². The van der Waals surface area contributed by atoms with Crippen LogP contribution >= 0.6 is 0 Å². The Morgan fingerprint density at radius 3 is 2.54 bits per heavy atom. The molecule has 0 bridgehead atoms. The van der Waals surface area contributed by atoms with E-state index in [0.29, 0.717) is 12.0 Å². The fourth-order valence-corrected chi connectivity index (χ4v) is 3.68. The summed E-state index contributed by atoms with van der Waals surface area (Å²) in [4.78, 5) is 20.7. The van der Waals surface area contributed by atoms with E-state index in [9.17, 15) is 4.79 Å². The number of likely N-dealkylation sites (N-methyl/N-ethyl adjacent to an activating group) is 1. The van der Waals surface area contributed by atoms with E-state index in [1.165, 1.54) is 25.7 Å². The van der Waals surface area contributed by atoms with Crippen molar-refractivity contribution in [3.05, 3.63) is 29.8 Å². The molecule has 1 aromatic carbocycles. The van der Waals surface area contributed by atoms with Gasteiger partial charge in [0.1, 0.15) is 5.75 Å². The molecule has 1 N–H and O–H groups in total. The highest BCUT2D eigenvalue weighted by molar-refractivity contribution is 5.86. The number of carbonyl (C=O) groups excluding carboxylic acids is 1. The van der Waals surface area contributed by atoms with Crippen molar-refractivity contribution in [2.75, 3.05) is 40.8 Å². The van der Waals surface area contributed by atoms with Crippen LogP contribution in [0.2, 0.25) is 0 Å². The second kappa shape index (κ2) is 7.98. The molecule has 2 fully saturated rings. The molecule has 0 atom stereocenters. The first-order valence-electron chi connectivity index (χ1n) is 9.38. The van der Waals surface area contributed by atoms with Gasteiger partial charge in [-0.3, -0.25) is 4.79 Å². The SMILES string of the molecule is COc1ccc(CN=C(NCC(=O)N(C)C)N2CCC3(CCC3)C2)cc1. The smallest absolute Gasteiger partial charge is 0.241 e. The summed E-state index contributed by atoms with van der Waals surface area (Å²) in [6.07, 6.45) is 5.23. The third kappa shape index (κ3) is 4.29. The van der Waals surface area contributed by atoms with E-state index in [1.807, 2.05) is 24.3 Å². The second-order valence-corrected chi connectivity index (χ2v) is 7.65. The number of ether oxygens (including phenoxy) is 1. The van der Waals surface area contributed by atoms with Gasteiger partial charge in [-0.15, -0.1) is 0 Å². The lowest BCUT2D eigenvalue weighted by molar-refractivity contribution is -0.127. The molecule has 1 heterocycles. The summed E-state index contributed by atoms with van der Waals surface area (Å²) in [6.45, 7) is 2.94. The summed E-state index contributed by atoms with van der Waals surface area (Å²) in [5.41, 5.74) is 1.62. The monoisotopic (exact) mass is 358 g/mol. The highest BCUT2D eigenvalue weighted by atomic mass is 16.5. The quantitative estimate of drug-likeness (QED) is 0.647. The zero-order valence-electron chi connectivity index (χ0n) is 16.1. The van der Waals surface area contributed by atoms with Crippen molar-refractivity contribution < 1.29 is 9.53 Å². The Labute approximate surface area is 156 Å². The lowest BCUT2D eigenvalue weighted by atomic mass is 9.68. The maximum Gasteiger partial charge on any atom is 0.241 e. The van der Waals surface area contributed by atoms with Gasteiger partial charge in [-0.05, 0) is 42.4 Å². The van der Waals surface area contributed by atoms with Crippen LogP contribution in [0.3, 0.4) is 0 Å². The van der Waals surface area contributed by atoms with Crippen molar-refractivity contribution in [1.29, 1.82) is 0 Å². The number of nitrogens with one attached hydrogen (secondary N) is 1. The van der Waals surface area contributed by atoms with E-state index < -0.39 is 0 Å². The van der Waals surface area contributed by atoms with Crippen LogP contribution in [0.1, 0.15) is 31.2 Å². The third-order valence-electron chi connectivity index (χ3n) is 5.62. The van der Waals surface area contributed by atoms with Crippen LogP contribution < -0.4 is 10.1 Å². The molecule has 1 saturated carbocycles. The summed E-state index contributed by atoms with van der Waals surface area (Å²) in [6, 6.07) is 7.96. The van der Waals surface area contributed by atoms with E-state index in [0.717, 1.165) is 30.4 Å². The predicted molar refractivity (Wildman–Crippen MR) is 103 cm³/mol. The molecule has 3 rings (SSSR count). The number of carbonyl (C=O) groups is 1. The average molecular weight is 358 g/mol. The van der Waals surface area contributed by atoms with Gasteiger partial charge in [0.25, 0.3) is 0 Å². The van der Waals surface area contributed by atoms with Crippen LogP contribution in [0.4, 0.5) is 0 Å². The molecule has 1 saturated heterocycles. The molecule has 0 unspecified atom stereocenters. The molecule has 2 aliphatic rings. The summed E-state index contributed by atoms with van der Waals surface area (Å²) in [7, 11) is 5.22. The second-order valence-electron chi connectivity index (χ2n) is 7.65. The average Bonchev–Trinajstić information content (AvgIpc) is 3.08. The van der Waals surface area contributed by atoms with Gasteiger partial charge in [-0.25, -0.2) is 4.99 Å². The summed E-state index contributed by atoms with van der Waals surface area (Å²) in [5.74, 6) is 1.75. The van der Waals surface area contributed by atoms with Gasteiger partial charge in [-0.1, -0.05) is 18.6 Å². The highest BCUT2D eigenvalue weighted by Crippen LogP contribution is 2.47. The molecule has 26 heavy (non-hydrogen) atoms. The molecule has 1 aliphatic carbocycles. The molecule has 6 nitrogen and oxygen atoms in total. The lowest BCUT2D eigenvalue weighted by Gasteiger charge is -2.38. The van der Waals surface area contributed by atoms with E-state index in [-0.39, 0.29) is 12.5 Å². The van der Waals surface area contributed by atoms with Crippen molar-refractivity contribution >= 4 is 11.9 Å². The standard InChI is InChI=1S/C20H30N4O2/c1-23(2)18(25)14-22-19(24-12-11-20(15-24)9-4-10-20)21-13-16-5-7-17(26-3)8-6-16/h5-8H,4,9-15H2,1-3H3,(H,21,22). The van der Waals surface area contributed by atoms with Crippen LogP contribution in [-0.2, 0) is 11.3 Å². The van der Waals surface area contributed by atoms with Gasteiger partial charge < -0.3 is 19.9 Å². The number of hydrogen-bond donors (Lipinski definition) is 1. The van der Waals surface area contributed by atoms with Crippen LogP contribution in [0.15, 0.2) is 29.3 Å². The zero-order valence-corrected chi connectivity index (χ0v) is 16.1. The molecule has 142 valence electrons. The topological polar surface area (TPSA) is 57.2 Å². The van der Waals surface area contributed by atoms with Crippen LogP contribution in [-0.4, -0.2) is 62.5 Å². The number of rotatable bonds is 5. The van der Waals surface area contributed by atoms with E-state index in [1.54, 1.807) is 26.1 Å². The number of likely N-dealkylation sites (tertiary alicyclic amines) is 1.